The lowest BCUT2D eigenvalue weighted by Crippen LogP contribution is -2.39. The quantitative estimate of drug-likeness (QED) is 0.582. The molecule has 0 radical (unpaired) electrons. The van der Waals surface area contributed by atoms with E-state index < -0.39 is 0 Å². The van der Waals surface area contributed by atoms with E-state index in [9.17, 15) is 4.79 Å². The van der Waals surface area contributed by atoms with Crippen LogP contribution in [0, 0.1) is 0 Å². The van der Waals surface area contributed by atoms with E-state index in [0.717, 1.165) is 19.4 Å². The zero-order valence-electron chi connectivity index (χ0n) is 6.72. The van der Waals surface area contributed by atoms with Gasteiger partial charge in [0.15, 0.2) is 6.23 Å². The fourth-order valence-electron chi connectivity index (χ4n) is 1.11. The maximum atomic E-state index is 10.7. The molecule has 1 aliphatic heterocycles. The average Bonchev–Trinajstić information content (AvgIpc) is 2.06. The first-order chi connectivity index (χ1) is 5.33. The fourth-order valence-corrected chi connectivity index (χ4v) is 1.11. The van der Waals surface area contributed by atoms with E-state index >= 15 is 0 Å². The van der Waals surface area contributed by atoms with Gasteiger partial charge in [-0.15, -0.1) is 0 Å². The molecule has 4 nitrogen and oxygen atoms in total. The van der Waals surface area contributed by atoms with Crippen molar-refractivity contribution in [1.82, 2.24) is 10.6 Å². The number of rotatable bonds is 1. The van der Waals surface area contributed by atoms with E-state index in [1.54, 1.807) is 7.05 Å². The molecule has 0 aromatic carbocycles. The topological polar surface area (TPSA) is 50.4 Å². The van der Waals surface area contributed by atoms with E-state index in [1.165, 1.54) is 6.42 Å². The van der Waals surface area contributed by atoms with Crippen molar-refractivity contribution in [2.75, 3.05) is 13.6 Å². The first-order valence-electron chi connectivity index (χ1n) is 3.94. The Morgan fingerprint density at radius 2 is 2.45 bits per heavy atom. The smallest absolute Gasteiger partial charge is 0.408 e. The molecule has 0 aliphatic carbocycles. The van der Waals surface area contributed by atoms with Gasteiger partial charge in [-0.2, -0.15) is 0 Å². The van der Waals surface area contributed by atoms with Crippen LogP contribution in [0.1, 0.15) is 19.3 Å². The molecule has 4 heteroatoms. The van der Waals surface area contributed by atoms with E-state index in [2.05, 4.69) is 10.6 Å². The number of amides is 1. The van der Waals surface area contributed by atoms with Gasteiger partial charge in [-0.05, 0) is 25.8 Å². The van der Waals surface area contributed by atoms with E-state index in [4.69, 9.17) is 4.74 Å². The van der Waals surface area contributed by atoms with Gasteiger partial charge in [0.25, 0.3) is 0 Å². The molecule has 1 fully saturated rings. The van der Waals surface area contributed by atoms with Gasteiger partial charge in [0.2, 0.25) is 0 Å². The van der Waals surface area contributed by atoms with Crippen LogP contribution < -0.4 is 10.6 Å². The van der Waals surface area contributed by atoms with Crippen LogP contribution >= 0.6 is 0 Å². The summed E-state index contributed by atoms with van der Waals surface area (Å²) in [4.78, 5) is 10.7. The maximum absolute atomic E-state index is 10.7. The van der Waals surface area contributed by atoms with Gasteiger partial charge in [0, 0.05) is 7.05 Å². The molecule has 11 heavy (non-hydrogen) atoms. The van der Waals surface area contributed by atoms with Gasteiger partial charge in [-0.25, -0.2) is 4.79 Å². The molecule has 1 amide bonds. The summed E-state index contributed by atoms with van der Waals surface area (Å²) < 4.78 is 4.98. The minimum Gasteiger partial charge on any atom is -0.430 e. The van der Waals surface area contributed by atoms with Gasteiger partial charge < -0.3 is 10.1 Å². The van der Waals surface area contributed by atoms with Crippen LogP contribution in [0.15, 0.2) is 0 Å². The lowest BCUT2D eigenvalue weighted by atomic mass is 10.1. The van der Waals surface area contributed by atoms with Gasteiger partial charge in [-0.3, -0.25) is 5.32 Å². The first kappa shape index (κ1) is 8.33. The normalized spacial score (nSPS) is 24.3. The van der Waals surface area contributed by atoms with E-state index in [-0.39, 0.29) is 12.3 Å². The number of ether oxygens (including phenoxy) is 1. The standard InChI is InChI=1S/C7H14N2O2/c1-8-7(10)11-6-4-2-3-5-9-6/h6,9H,2-5H2,1H3,(H,8,10). The summed E-state index contributed by atoms with van der Waals surface area (Å²) in [7, 11) is 1.56. The predicted molar refractivity (Wildman–Crippen MR) is 41.2 cm³/mol. The zero-order chi connectivity index (χ0) is 8.10. The number of hydrogen-bond donors (Lipinski definition) is 2. The number of alkyl carbamates (subject to hydrolysis) is 1. The van der Waals surface area contributed by atoms with Crippen LogP contribution in [0.25, 0.3) is 0 Å². The second kappa shape index (κ2) is 4.18. The van der Waals surface area contributed by atoms with Crippen LogP contribution in [0.4, 0.5) is 4.79 Å². The molecule has 1 heterocycles. The maximum Gasteiger partial charge on any atom is 0.408 e. The number of nitrogens with one attached hydrogen (secondary N) is 2. The molecule has 1 saturated heterocycles. The van der Waals surface area contributed by atoms with E-state index in [1.807, 2.05) is 0 Å². The second-order valence-electron chi connectivity index (χ2n) is 2.59. The SMILES string of the molecule is CNC(=O)OC1CCCCN1. The van der Waals surface area contributed by atoms with Crippen molar-refractivity contribution in [2.45, 2.75) is 25.5 Å². The van der Waals surface area contributed by atoms with Crippen LogP contribution in [-0.4, -0.2) is 25.9 Å². The number of carbonyl (C=O) groups is 1. The van der Waals surface area contributed by atoms with Crippen molar-refractivity contribution in [2.24, 2.45) is 0 Å². The fraction of sp³-hybridized carbons (Fsp3) is 0.857. The summed E-state index contributed by atoms with van der Waals surface area (Å²) in [5, 5.41) is 5.51. The molecule has 2 N–H and O–H groups in total. The van der Waals surface area contributed by atoms with Crippen LogP contribution in [0.5, 0.6) is 0 Å². The largest absolute Gasteiger partial charge is 0.430 e. The van der Waals surface area contributed by atoms with Crippen LogP contribution in [-0.2, 0) is 4.74 Å². The average molecular weight is 158 g/mol. The summed E-state index contributed by atoms with van der Waals surface area (Å²) in [5.74, 6) is 0. The predicted octanol–water partition coefficient (Wildman–Crippen LogP) is 0.442. The Kier molecular flexibility index (Phi) is 3.16. The summed E-state index contributed by atoms with van der Waals surface area (Å²) in [6, 6.07) is 0. The molecule has 1 rings (SSSR count). The number of carbonyl (C=O) groups excluding carboxylic acids is 1. The second-order valence-corrected chi connectivity index (χ2v) is 2.59. The van der Waals surface area contributed by atoms with Gasteiger partial charge >= 0.3 is 6.09 Å². The van der Waals surface area contributed by atoms with Crippen molar-refractivity contribution in [3.8, 4) is 0 Å². The minimum atomic E-state index is -0.357. The summed E-state index contributed by atoms with van der Waals surface area (Å²) in [6.07, 6.45) is 2.79. The summed E-state index contributed by atoms with van der Waals surface area (Å²) in [6.45, 7) is 0.946. The van der Waals surface area contributed by atoms with Gasteiger partial charge in [0.1, 0.15) is 0 Å². The third-order valence-corrected chi connectivity index (χ3v) is 1.72. The minimum absolute atomic E-state index is 0.0799. The molecule has 0 bridgehead atoms. The van der Waals surface area contributed by atoms with Crippen molar-refractivity contribution in [1.29, 1.82) is 0 Å². The van der Waals surface area contributed by atoms with Crippen molar-refractivity contribution in [3.05, 3.63) is 0 Å². The molecule has 1 aliphatic rings. The number of hydrogen-bond acceptors (Lipinski definition) is 3. The lowest BCUT2D eigenvalue weighted by Gasteiger charge is -2.22. The van der Waals surface area contributed by atoms with Crippen molar-refractivity contribution < 1.29 is 9.53 Å². The Morgan fingerprint density at radius 1 is 1.64 bits per heavy atom. The Labute approximate surface area is 66.3 Å². The summed E-state index contributed by atoms with van der Waals surface area (Å²) in [5.41, 5.74) is 0. The van der Waals surface area contributed by atoms with Crippen LogP contribution in [0.3, 0.4) is 0 Å². The van der Waals surface area contributed by atoms with Crippen molar-refractivity contribution in [3.63, 3.8) is 0 Å². The highest BCUT2D eigenvalue weighted by atomic mass is 16.6. The van der Waals surface area contributed by atoms with Gasteiger partial charge in [0.05, 0.1) is 0 Å². The number of piperidine rings is 1. The Bertz CT molecular complexity index is 132. The molecule has 1 unspecified atom stereocenters. The Balaban J connectivity index is 2.19. The molecule has 64 valence electrons. The monoisotopic (exact) mass is 158 g/mol. The third kappa shape index (κ3) is 2.76. The molecular weight excluding hydrogens is 144 g/mol. The first-order valence-corrected chi connectivity index (χ1v) is 3.94. The zero-order valence-corrected chi connectivity index (χ0v) is 6.72. The highest BCUT2D eigenvalue weighted by Crippen LogP contribution is 2.07. The summed E-state index contributed by atoms with van der Waals surface area (Å²) >= 11 is 0. The molecule has 0 aromatic rings. The molecule has 1 atom stereocenters. The Morgan fingerprint density at radius 3 is 3.00 bits per heavy atom. The molecule has 0 spiro atoms. The van der Waals surface area contributed by atoms with E-state index in [0.29, 0.717) is 0 Å². The van der Waals surface area contributed by atoms with Crippen LogP contribution in [0.2, 0.25) is 0 Å². The third-order valence-electron chi connectivity index (χ3n) is 1.72. The Hall–Kier alpha value is -0.770. The molecule has 0 aromatic heterocycles. The molecule has 0 saturated carbocycles. The molecular formula is C7H14N2O2. The lowest BCUT2D eigenvalue weighted by molar-refractivity contribution is 0.0627. The van der Waals surface area contributed by atoms with Crippen molar-refractivity contribution >= 4 is 6.09 Å². The highest BCUT2D eigenvalue weighted by molar-refractivity contribution is 5.66. The van der Waals surface area contributed by atoms with Gasteiger partial charge in [-0.1, -0.05) is 0 Å². The highest BCUT2D eigenvalue weighted by Gasteiger charge is 2.15.